The predicted octanol–water partition coefficient (Wildman–Crippen LogP) is 0.244. The van der Waals surface area contributed by atoms with Crippen molar-refractivity contribution in [3.8, 4) is 11.8 Å². The van der Waals surface area contributed by atoms with Crippen molar-refractivity contribution < 1.29 is 22.3 Å². The number of nitriles is 1. The number of hydrogen-bond acceptors (Lipinski definition) is 5. The van der Waals surface area contributed by atoms with Crippen molar-refractivity contribution in [2.24, 2.45) is 5.14 Å². The zero-order valence-corrected chi connectivity index (χ0v) is 8.37. The van der Waals surface area contributed by atoms with E-state index in [2.05, 4.69) is 10.1 Å². The third-order valence-electron chi connectivity index (χ3n) is 1.66. The maximum atomic E-state index is 12.5. The normalized spacial score (nSPS) is 11.4. The molecule has 6 nitrogen and oxygen atoms in total. The molecule has 9 heteroatoms. The lowest BCUT2D eigenvalue weighted by Gasteiger charge is -2.09. The molecule has 0 saturated carbocycles. The van der Waals surface area contributed by atoms with Gasteiger partial charge in [-0.2, -0.15) is 5.26 Å². The molecule has 1 aromatic heterocycles. The van der Waals surface area contributed by atoms with Gasteiger partial charge >= 0.3 is 0 Å². The van der Waals surface area contributed by atoms with E-state index in [1.165, 1.54) is 6.07 Å². The highest BCUT2D eigenvalue weighted by molar-refractivity contribution is 7.89. The molecule has 0 aliphatic heterocycles. The number of halogens is 2. The van der Waals surface area contributed by atoms with Gasteiger partial charge in [0.05, 0.1) is 11.8 Å². The van der Waals surface area contributed by atoms with E-state index >= 15 is 0 Å². The number of nitrogens with two attached hydrogens (primary N) is 1. The maximum absolute atomic E-state index is 12.5. The Morgan fingerprint density at radius 1 is 1.56 bits per heavy atom. The Morgan fingerprint density at radius 2 is 2.12 bits per heavy atom. The van der Waals surface area contributed by atoms with Crippen molar-refractivity contribution in [1.82, 2.24) is 4.98 Å². The lowest BCUT2D eigenvalue weighted by molar-refractivity contribution is 0.143. The highest BCUT2D eigenvalue weighted by Crippen LogP contribution is 2.34. The second-order valence-corrected chi connectivity index (χ2v) is 4.19. The van der Waals surface area contributed by atoms with Crippen molar-refractivity contribution in [3.63, 3.8) is 0 Å². The molecule has 3 N–H and O–H groups in total. The summed E-state index contributed by atoms with van der Waals surface area (Å²) >= 11 is 0. The summed E-state index contributed by atoms with van der Waals surface area (Å²) in [7, 11) is -4.57. The van der Waals surface area contributed by atoms with Crippen LogP contribution in [0.1, 0.15) is 17.7 Å². The number of primary sulfonamides is 1. The third-order valence-corrected chi connectivity index (χ3v) is 2.64. The Labute approximate surface area is 89.0 Å². The Morgan fingerprint density at radius 3 is 2.50 bits per heavy atom. The van der Waals surface area contributed by atoms with Crippen LogP contribution in [0.5, 0.6) is 5.75 Å². The summed E-state index contributed by atoms with van der Waals surface area (Å²) in [6.45, 7) is 0. The maximum Gasteiger partial charge on any atom is 0.268 e. The van der Waals surface area contributed by atoms with Crippen LogP contribution in [0.4, 0.5) is 8.78 Å². The second-order valence-electron chi connectivity index (χ2n) is 2.69. The average Bonchev–Trinajstić information content (AvgIpc) is 2.15. The molecule has 16 heavy (non-hydrogen) atoms. The zero-order chi connectivity index (χ0) is 12.5. The molecule has 0 fully saturated rings. The standard InChI is InChI=1S/C7H5F2N3O3S/c8-7(9)5-4(13)2-12-3(1-10)6(5)16(11,14)15/h2,7,13H,(H2,11,14,15). The molecule has 1 heterocycles. The van der Waals surface area contributed by atoms with Crippen LogP contribution in [0.25, 0.3) is 0 Å². The SMILES string of the molecule is N#Cc1ncc(O)c(C(F)F)c1S(N)(=O)=O. The highest BCUT2D eigenvalue weighted by Gasteiger charge is 2.28. The fourth-order valence-electron chi connectivity index (χ4n) is 1.08. The smallest absolute Gasteiger partial charge is 0.268 e. The van der Waals surface area contributed by atoms with Gasteiger partial charge in [0, 0.05) is 0 Å². The first-order valence-corrected chi connectivity index (χ1v) is 5.26. The molecule has 0 unspecified atom stereocenters. The van der Waals surface area contributed by atoms with Gasteiger partial charge in [-0.1, -0.05) is 0 Å². The van der Waals surface area contributed by atoms with Gasteiger partial charge in [-0.15, -0.1) is 0 Å². The minimum Gasteiger partial charge on any atom is -0.506 e. The largest absolute Gasteiger partial charge is 0.506 e. The van der Waals surface area contributed by atoms with Gasteiger partial charge in [-0.25, -0.2) is 27.3 Å². The van der Waals surface area contributed by atoms with Crippen LogP contribution in [-0.2, 0) is 10.0 Å². The van der Waals surface area contributed by atoms with E-state index in [0.29, 0.717) is 6.20 Å². The molecular formula is C7H5F2N3O3S. The first-order valence-electron chi connectivity index (χ1n) is 3.72. The van der Waals surface area contributed by atoms with Gasteiger partial charge < -0.3 is 5.11 Å². The van der Waals surface area contributed by atoms with Crippen molar-refractivity contribution in [1.29, 1.82) is 5.26 Å². The minimum absolute atomic E-state index is 0.564. The van der Waals surface area contributed by atoms with Gasteiger partial charge in [-0.05, 0) is 0 Å². The molecular weight excluding hydrogens is 244 g/mol. The molecule has 0 aliphatic rings. The van der Waals surface area contributed by atoms with Gasteiger partial charge in [0.2, 0.25) is 10.0 Å². The van der Waals surface area contributed by atoms with Crippen molar-refractivity contribution in [2.45, 2.75) is 11.3 Å². The molecule has 0 aliphatic carbocycles. The fourth-order valence-corrected chi connectivity index (χ4v) is 1.94. The summed E-state index contributed by atoms with van der Waals surface area (Å²) in [6, 6.07) is 1.31. The minimum atomic E-state index is -4.57. The molecule has 0 atom stereocenters. The summed E-state index contributed by atoms with van der Waals surface area (Å²) in [5, 5.41) is 22.3. The van der Waals surface area contributed by atoms with E-state index in [1.807, 2.05) is 0 Å². The average molecular weight is 249 g/mol. The zero-order valence-electron chi connectivity index (χ0n) is 7.55. The van der Waals surface area contributed by atoms with E-state index < -0.39 is 38.4 Å². The topological polar surface area (TPSA) is 117 Å². The second kappa shape index (κ2) is 3.99. The molecule has 0 saturated heterocycles. The molecule has 86 valence electrons. The monoisotopic (exact) mass is 249 g/mol. The Kier molecular flexibility index (Phi) is 3.06. The summed E-state index contributed by atoms with van der Waals surface area (Å²) in [5.41, 5.74) is -2.00. The van der Waals surface area contributed by atoms with Gasteiger partial charge in [0.15, 0.2) is 5.69 Å². The summed E-state index contributed by atoms with van der Waals surface area (Å²) < 4.78 is 47.1. The first kappa shape index (κ1) is 12.3. The molecule has 0 bridgehead atoms. The van der Waals surface area contributed by atoms with E-state index in [4.69, 9.17) is 10.4 Å². The number of pyridine rings is 1. The molecule has 0 radical (unpaired) electrons. The van der Waals surface area contributed by atoms with E-state index in [1.54, 1.807) is 0 Å². The molecule has 0 amide bonds. The summed E-state index contributed by atoms with van der Waals surface area (Å²) in [6.07, 6.45) is -2.72. The lowest BCUT2D eigenvalue weighted by Crippen LogP contribution is -2.17. The Bertz CT molecular complexity index is 565. The van der Waals surface area contributed by atoms with Crippen LogP contribution in [0.15, 0.2) is 11.1 Å². The molecule has 0 spiro atoms. The number of alkyl halides is 2. The number of aromatic hydroxyl groups is 1. The van der Waals surface area contributed by atoms with Crippen molar-refractivity contribution >= 4 is 10.0 Å². The number of sulfonamides is 1. The van der Waals surface area contributed by atoms with Crippen molar-refractivity contribution in [2.75, 3.05) is 0 Å². The number of hydrogen-bond donors (Lipinski definition) is 2. The van der Waals surface area contributed by atoms with E-state index in [-0.39, 0.29) is 0 Å². The predicted molar refractivity (Wildman–Crippen MR) is 46.9 cm³/mol. The Balaban J connectivity index is 3.79. The highest BCUT2D eigenvalue weighted by atomic mass is 32.2. The number of rotatable bonds is 2. The van der Waals surface area contributed by atoms with Crippen LogP contribution in [0, 0.1) is 11.3 Å². The molecule has 0 aromatic carbocycles. The summed E-state index contributed by atoms with van der Waals surface area (Å²) in [5.74, 6) is -1.03. The van der Waals surface area contributed by atoms with Gasteiger partial charge in [0.1, 0.15) is 16.7 Å². The Hall–Kier alpha value is -1.79. The summed E-state index contributed by atoms with van der Waals surface area (Å²) in [4.78, 5) is 2.05. The molecule has 1 aromatic rings. The number of nitrogens with zero attached hydrogens (tertiary/aromatic N) is 2. The van der Waals surface area contributed by atoms with Crippen LogP contribution in [-0.4, -0.2) is 18.5 Å². The number of aromatic nitrogens is 1. The van der Waals surface area contributed by atoms with Crippen molar-refractivity contribution in [3.05, 3.63) is 17.5 Å². The fraction of sp³-hybridized carbons (Fsp3) is 0.143. The first-order chi connectivity index (χ1) is 7.29. The van der Waals surface area contributed by atoms with Gasteiger partial charge in [-0.3, -0.25) is 0 Å². The lowest BCUT2D eigenvalue weighted by atomic mass is 10.2. The quantitative estimate of drug-likeness (QED) is 0.778. The van der Waals surface area contributed by atoms with E-state index in [0.717, 1.165) is 0 Å². The van der Waals surface area contributed by atoms with Crippen LogP contribution in [0.2, 0.25) is 0 Å². The van der Waals surface area contributed by atoms with Crippen LogP contribution >= 0.6 is 0 Å². The van der Waals surface area contributed by atoms with Crippen LogP contribution in [0.3, 0.4) is 0 Å². The van der Waals surface area contributed by atoms with E-state index in [9.17, 15) is 17.2 Å². The van der Waals surface area contributed by atoms with Gasteiger partial charge in [0.25, 0.3) is 6.43 Å². The third kappa shape index (κ3) is 2.07. The van der Waals surface area contributed by atoms with Crippen LogP contribution < -0.4 is 5.14 Å². The molecule has 1 rings (SSSR count).